The number of nitrogens with zero attached hydrogens (tertiary/aromatic N) is 1. The lowest BCUT2D eigenvalue weighted by atomic mass is 9.82. The molecule has 1 saturated heterocycles. The van der Waals surface area contributed by atoms with Crippen LogP contribution in [-0.2, 0) is 28.7 Å². The molecule has 2 amide bonds. The Hall–Kier alpha value is -1.96. The van der Waals surface area contributed by atoms with E-state index in [-0.39, 0.29) is 50.2 Å². The lowest BCUT2D eigenvalue weighted by molar-refractivity contribution is -0.156. The number of Topliss-reactive ketones (excluding diaryl/α,β-unsaturated/α-hetero) is 1. The van der Waals surface area contributed by atoms with Crippen molar-refractivity contribution in [2.24, 2.45) is 5.92 Å². The van der Waals surface area contributed by atoms with Gasteiger partial charge in [-0.15, -0.1) is 0 Å². The second-order valence-electron chi connectivity index (χ2n) is 5.29. The molecule has 8 nitrogen and oxygen atoms in total. The van der Waals surface area contributed by atoms with Crippen molar-refractivity contribution in [3.63, 3.8) is 0 Å². The first-order chi connectivity index (χ1) is 10.5. The third-order valence-corrected chi connectivity index (χ3v) is 3.72. The van der Waals surface area contributed by atoms with Gasteiger partial charge < -0.3 is 19.7 Å². The zero-order valence-electron chi connectivity index (χ0n) is 12.5. The molecule has 2 fully saturated rings. The number of nitrogens with one attached hydrogen (secondary N) is 1. The predicted molar refractivity (Wildman–Crippen MR) is 73.7 cm³/mol. The van der Waals surface area contributed by atoms with Crippen molar-refractivity contribution >= 4 is 23.6 Å². The van der Waals surface area contributed by atoms with Gasteiger partial charge in [0.15, 0.2) is 0 Å². The van der Waals surface area contributed by atoms with E-state index in [0.29, 0.717) is 13.2 Å². The molecule has 1 heterocycles. The molecule has 8 heteroatoms. The number of carbonyl (C=O) groups excluding carboxylic acids is 4. The molecule has 1 N–H and O–H groups in total. The Bertz CT molecular complexity index is 470. The number of esters is 1. The van der Waals surface area contributed by atoms with Crippen molar-refractivity contribution in [1.29, 1.82) is 0 Å². The van der Waals surface area contributed by atoms with E-state index in [2.05, 4.69) is 5.32 Å². The van der Waals surface area contributed by atoms with Gasteiger partial charge in [-0.05, 0) is 6.92 Å². The highest BCUT2D eigenvalue weighted by atomic mass is 16.5. The van der Waals surface area contributed by atoms with Gasteiger partial charge in [0.25, 0.3) is 0 Å². The monoisotopic (exact) mass is 312 g/mol. The van der Waals surface area contributed by atoms with E-state index in [1.54, 1.807) is 6.92 Å². The molecule has 0 radical (unpaired) electrons. The van der Waals surface area contributed by atoms with Crippen LogP contribution in [0.4, 0.5) is 0 Å². The van der Waals surface area contributed by atoms with Gasteiger partial charge in [-0.3, -0.25) is 19.2 Å². The van der Waals surface area contributed by atoms with Crippen LogP contribution in [0.25, 0.3) is 0 Å². The standard InChI is InChI=1S/C14H20N2O6/c1-2-22-12(18)7-15-13(19)11-8-21-4-3-16(11)14(20)9-5-10(17)6-9/h9,11H,2-8H2,1H3,(H,15,19)/t11-/m0/s1. The van der Waals surface area contributed by atoms with Gasteiger partial charge >= 0.3 is 5.97 Å². The molecule has 122 valence electrons. The first kappa shape index (κ1) is 16.4. The summed E-state index contributed by atoms with van der Waals surface area (Å²) in [6.45, 7) is 2.42. The fourth-order valence-corrected chi connectivity index (χ4v) is 2.47. The van der Waals surface area contributed by atoms with Crippen LogP contribution in [0, 0.1) is 5.92 Å². The van der Waals surface area contributed by atoms with Gasteiger partial charge in [0.05, 0.1) is 25.7 Å². The molecule has 1 atom stereocenters. The van der Waals surface area contributed by atoms with Crippen LogP contribution in [-0.4, -0.2) is 67.4 Å². The number of morpholine rings is 1. The average molecular weight is 312 g/mol. The molecule has 0 aromatic heterocycles. The molecule has 2 rings (SSSR count). The fourth-order valence-electron chi connectivity index (χ4n) is 2.47. The van der Waals surface area contributed by atoms with Gasteiger partial charge in [-0.1, -0.05) is 0 Å². The van der Waals surface area contributed by atoms with E-state index in [1.807, 2.05) is 0 Å². The van der Waals surface area contributed by atoms with Crippen LogP contribution in [0.1, 0.15) is 19.8 Å². The molecule has 0 aromatic carbocycles. The van der Waals surface area contributed by atoms with Crippen LogP contribution in [0.5, 0.6) is 0 Å². The lowest BCUT2D eigenvalue weighted by Crippen LogP contribution is -2.58. The summed E-state index contributed by atoms with van der Waals surface area (Å²) in [5.74, 6) is -1.44. The molecule has 0 spiro atoms. The molecular weight excluding hydrogens is 292 g/mol. The molecule has 0 aromatic rings. The Morgan fingerprint density at radius 2 is 2.09 bits per heavy atom. The first-order valence-corrected chi connectivity index (χ1v) is 7.36. The number of ether oxygens (including phenoxy) is 2. The summed E-state index contributed by atoms with van der Waals surface area (Å²) in [5, 5.41) is 2.45. The highest BCUT2D eigenvalue weighted by Crippen LogP contribution is 2.26. The number of rotatable bonds is 5. The molecule has 1 saturated carbocycles. The Morgan fingerprint density at radius 3 is 2.73 bits per heavy atom. The normalized spacial score (nSPS) is 22.0. The van der Waals surface area contributed by atoms with Gasteiger partial charge in [-0.2, -0.15) is 0 Å². The van der Waals surface area contributed by atoms with Gasteiger partial charge in [-0.25, -0.2) is 0 Å². The largest absolute Gasteiger partial charge is 0.465 e. The number of carbonyl (C=O) groups is 4. The van der Waals surface area contributed by atoms with Crippen molar-refractivity contribution in [3.05, 3.63) is 0 Å². The summed E-state index contributed by atoms with van der Waals surface area (Å²) in [5.41, 5.74) is 0. The molecule has 2 aliphatic rings. The minimum absolute atomic E-state index is 0.0647. The maximum Gasteiger partial charge on any atom is 0.325 e. The highest BCUT2D eigenvalue weighted by molar-refractivity contribution is 5.98. The van der Waals surface area contributed by atoms with Crippen molar-refractivity contribution in [3.8, 4) is 0 Å². The molecule has 0 unspecified atom stereocenters. The second kappa shape index (κ2) is 7.35. The van der Waals surface area contributed by atoms with Crippen LogP contribution in [0.15, 0.2) is 0 Å². The maximum atomic E-state index is 12.3. The number of hydrogen-bond donors (Lipinski definition) is 1. The zero-order valence-corrected chi connectivity index (χ0v) is 12.5. The summed E-state index contributed by atoms with van der Waals surface area (Å²) in [7, 11) is 0. The molecule has 0 bridgehead atoms. The highest BCUT2D eigenvalue weighted by Gasteiger charge is 2.40. The summed E-state index contributed by atoms with van der Waals surface area (Å²) < 4.78 is 9.98. The Morgan fingerprint density at radius 1 is 1.36 bits per heavy atom. The van der Waals surface area contributed by atoms with E-state index in [1.165, 1.54) is 4.90 Å². The topological polar surface area (TPSA) is 102 Å². The average Bonchev–Trinajstić information content (AvgIpc) is 2.49. The Labute approximate surface area is 128 Å². The van der Waals surface area contributed by atoms with Crippen LogP contribution >= 0.6 is 0 Å². The maximum absolute atomic E-state index is 12.3. The van der Waals surface area contributed by atoms with E-state index in [0.717, 1.165) is 0 Å². The van der Waals surface area contributed by atoms with Crippen LogP contribution in [0.2, 0.25) is 0 Å². The summed E-state index contributed by atoms with van der Waals surface area (Å²) >= 11 is 0. The summed E-state index contributed by atoms with van der Waals surface area (Å²) in [6.07, 6.45) is 0.487. The SMILES string of the molecule is CCOC(=O)CNC(=O)[C@@H]1COCCN1C(=O)C1CC(=O)C1. The third-order valence-electron chi connectivity index (χ3n) is 3.72. The fraction of sp³-hybridized carbons (Fsp3) is 0.714. The zero-order chi connectivity index (χ0) is 16.1. The molecule has 22 heavy (non-hydrogen) atoms. The van der Waals surface area contributed by atoms with Crippen molar-refractivity contribution < 1.29 is 28.7 Å². The third kappa shape index (κ3) is 3.82. The van der Waals surface area contributed by atoms with Gasteiger partial charge in [0.1, 0.15) is 18.4 Å². The second-order valence-corrected chi connectivity index (χ2v) is 5.29. The minimum atomic E-state index is -0.772. The lowest BCUT2D eigenvalue weighted by Gasteiger charge is -2.38. The number of hydrogen-bond acceptors (Lipinski definition) is 6. The summed E-state index contributed by atoms with van der Waals surface area (Å²) in [4.78, 5) is 48.2. The van der Waals surface area contributed by atoms with Gasteiger partial charge in [0.2, 0.25) is 11.8 Å². The van der Waals surface area contributed by atoms with Crippen LogP contribution in [0.3, 0.4) is 0 Å². The molecular formula is C14H20N2O6. The Kier molecular flexibility index (Phi) is 5.48. The van der Waals surface area contributed by atoms with Crippen molar-refractivity contribution in [1.82, 2.24) is 10.2 Å². The van der Waals surface area contributed by atoms with Crippen molar-refractivity contribution in [2.45, 2.75) is 25.8 Å². The van der Waals surface area contributed by atoms with E-state index in [4.69, 9.17) is 9.47 Å². The van der Waals surface area contributed by atoms with Gasteiger partial charge in [0, 0.05) is 19.4 Å². The smallest absolute Gasteiger partial charge is 0.325 e. The predicted octanol–water partition coefficient (Wildman–Crippen LogP) is -1.13. The summed E-state index contributed by atoms with van der Waals surface area (Å²) in [6, 6.07) is -0.772. The number of amides is 2. The van der Waals surface area contributed by atoms with Crippen LogP contribution < -0.4 is 5.32 Å². The molecule has 1 aliphatic carbocycles. The van der Waals surface area contributed by atoms with Crippen molar-refractivity contribution in [2.75, 3.05) is 32.9 Å². The number of ketones is 1. The quantitative estimate of drug-likeness (QED) is 0.645. The first-order valence-electron chi connectivity index (χ1n) is 7.36. The van der Waals surface area contributed by atoms with E-state index >= 15 is 0 Å². The minimum Gasteiger partial charge on any atom is -0.465 e. The van der Waals surface area contributed by atoms with E-state index < -0.39 is 17.9 Å². The van der Waals surface area contributed by atoms with E-state index in [9.17, 15) is 19.2 Å². The Balaban J connectivity index is 1.91. The molecule has 1 aliphatic heterocycles.